The summed E-state index contributed by atoms with van der Waals surface area (Å²) in [6.07, 6.45) is 5.62. The molecule has 2 fully saturated rings. The zero-order valence-electron chi connectivity index (χ0n) is 14.5. The van der Waals surface area contributed by atoms with E-state index in [4.69, 9.17) is 4.52 Å². The van der Waals surface area contributed by atoms with Gasteiger partial charge in [0.25, 0.3) is 0 Å². The second-order valence-corrected chi connectivity index (χ2v) is 6.84. The molecule has 134 valence electrons. The molecular formula is C17H28N4O3. The van der Waals surface area contributed by atoms with Crippen molar-refractivity contribution in [3.05, 3.63) is 11.7 Å². The molecule has 0 unspecified atom stereocenters. The van der Waals surface area contributed by atoms with E-state index in [0.29, 0.717) is 18.7 Å². The van der Waals surface area contributed by atoms with Crippen LogP contribution in [0, 0.1) is 0 Å². The molecule has 24 heavy (non-hydrogen) atoms. The van der Waals surface area contributed by atoms with Gasteiger partial charge in [0.05, 0.1) is 6.10 Å². The molecule has 7 nitrogen and oxygen atoms in total. The van der Waals surface area contributed by atoms with Crippen molar-refractivity contribution in [2.24, 2.45) is 0 Å². The Hall–Kier alpha value is -1.47. The Bertz CT molecular complexity index is 540. The first kappa shape index (κ1) is 17.4. The van der Waals surface area contributed by atoms with Gasteiger partial charge in [0.15, 0.2) is 5.82 Å². The second-order valence-electron chi connectivity index (χ2n) is 6.84. The minimum Gasteiger partial charge on any atom is -0.391 e. The predicted octanol–water partition coefficient (Wildman–Crippen LogP) is 1.01. The van der Waals surface area contributed by atoms with Gasteiger partial charge in [0, 0.05) is 51.5 Å². The van der Waals surface area contributed by atoms with Crippen LogP contribution in [0.2, 0.25) is 0 Å². The van der Waals surface area contributed by atoms with Crippen molar-refractivity contribution in [1.82, 2.24) is 19.9 Å². The quantitative estimate of drug-likeness (QED) is 0.835. The summed E-state index contributed by atoms with van der Waals surface area (Å²) in [4.78, 5) is 20.9. The largest absolute Gasteiger partial charge is 0.391 e. The van der Waals surface area contributed by atoms with Gasteiger partial charge >= 0.3 is 0 Å². The van der Waals surface area contributed by atoms with Gasteiger partial charge in [-0.05, 0) is 25.7 Å². The maximum atomic E-state index is 12.4. The van der Waals surface area contributed by atoms with Gasteiger partial charge in [-0.3, -0.25) is 9.69 Å². The SMILES string of the molecule is CCCc1noc(CCC(=O)N2CCN([C@@H]3CCC[C@H]3O)CC2)n1. The molecule has 2 aliphatic rings. The number of nitrogens with zero attached hydrogens (tertiary/aromatic N) is 4. The van der Waals surface area contributed by atoms with Gasteiger partial charge in [-0.1, -0.05) is 12.1 Å². The first-order valence-corrected chi connectivity index (χ1v) is 9.18. The molecular weight excluding hydrogens is 308 g/mol. The summed E-state index contributed by atoms with van der Waals surface area (Å²) >= 11 is 0. The van der Waals surface area contributed by atoms with E-state index in [9.17, 15) is 9.90 Å². The maximum absolute atomic E-state index is 12.4. The van der Waals surface area contributed by atoms with Crippen molar-refractivity contribution in [1.29, 1.82) is 0 Å². The fourth-order valence-corrected chi connectivity index (χ4v) is 3.74. The lowest BCUT2D eigenvalue weighted by Gasteiger charge is -2.39. The lowest BCUT2D eigenvalue weighted by atomic mass is 10.1. The predicted molar refractivity (Wildman–Crippen MR) is 88.4 cm³/mol. The van der Waals surface area contributed by atoms with Crippen LogP contribution in [-0.2, 0) is 17.6 Å². The van der Waals surface area contributed by atoms with Crippen LogP contribution >= 0.6 is 0 Å². The van der Waals surface area contributed by atoms with Crippen molar-refractivity contribution >= 4 is 5.91 Å². The number of piperazine rings is 1. The zero-order valence-corrected chi connectivity index (χ0v) is 14.5. The molecule has 0 spiro atoms. The van der Waals surface area contributed by atoms with Gasteiger partial charge in [-0.15, -0.1) is 0 Å². The average Bonchev–Trinajstić information content (AvgIpc) is 3.22. The Morgan fingerprint density at radius 3 is 2.71 bits per heavy atom. The highest BCUT2D eigenvalue weighted by atomic mass is 16.5. The number of aryl methyl sites for hydroxylation is 2. The fraction of sp³-hybridized carbons (Fsp3) is 0.824. The summed E-state index contributed by atoms with van der Waals surface area (Å²) in [6, 6.07) is 0.289. The normalized spacial score (nSPS) is 25.3. The van der Waals surface area contributed by atoms with Crippen LogP contribution in [-0.4, -0.2) is 69.3 Å². The zero-order chi connectivity index (χ0) is 16.9. The number of rotatable bonds is 6. The van der Waals surface area contributed by atoms with E-state index in [0.717, 1.165) is 64.1 Å². The molecule has 1 aliphatic carbocycles. The highest BCUT2D eigenvalue weighted by Gasteiger charge is 2.33. The smallest absolute Gasteiger partial charge is 0.227 e. The Balaban J connectivity index is 1.41. The van der Waals surface area contributed by atoms with Crippen LogP contribution in [0.3, 0.4) is 0 Å². The third-order valence-corrected chi connectivity index (χ3v) is 5.12. The summed E-state index contributed by atoms with van der Waals surface area (Å²) in [7, 11) is 0. The summed E-state index contributed by atoms with van der Waals surface area (Å²) < 4.78 is 5.18. The molecule has 1 saturated heterocycles. The Morgan fingerprint density at radius 1 is 1.25 bits per heavy atom. The van der Waals surface area contributed by atoms with Crippen LogP contribution in [0.4, 0.5) is 0 Å². The Morgan fingerprint density at radius 2 is 2.04 bits per heavy atom. The number of amides is 1. The van der Waals surface area contributed by atoms with Crippen LogP contribution in [0.5, 0.6) is 0 Å². The number of carbonyl (C=O) groups excluding carboxylic acids is 1. The number of carbonyl (C=O) groups is 1. The van der Waals surface area contributed by atoms with E-state index in [-0.39, 0.29) is 18.1 Å². The molecule has 1 saturated carbocycles. The van der Waals surface area contributed by atoms with Crippen molar-refractivity contribution in [3.63, 3.8) is 0 Å². The lowest BCUT2D eigenvalue weighted by Crippen LogP contribution is -2.53. The topological polar surface area (TPSA) is 82.7 Å². The van der Waals surface area contributed by atoms with Gasteiger partial charge in [0.2, 0.25) is 11.8 Å². The number of aromatic nitrogens is 2. The fourth-order valence-electron chi connectivity index (χ4n) is 3.74. The molecule has 0 bridgehead atoms. The van der Waals surface area contributed by atoms with E-state index in [1.54, 1.807) is 0 Å². The van der Waals surface area contributed by atoms with Gasteiger partial charge < -0.3 is 14.5 Å². The van der Waals surface area contributed by atoms with Gasteiger partial charge in [-0.25, -0.2) is 0 Å². The second kappa shape index (κ2) is 8.07. The molecule has 2 atom stereocenters. The molecule has 0 radical (unpaired) electrons. The highest BCUT2D eigenvalue weighted by Crippen LogP contribution is 2.25. The molecule has 1 N–H and O–H groups in total. The first-order valence-electron chi connectivity index (χ1n) is 9.18. The van der Waals surface area contributed by atoms with E-state index in [1.807, 2.05) is 4.90 Å². The third kappa shape index (κ3) is 4.13. The van der Waals surface area contributed by atoms with Gasteiger partial charge in [0.1, 0.15) is 0 Å². The van der Waals surface area contributed by atoms with Crippen molar-refractivity contribution in [2.45, 2.75) is 64.0 Å². The monoisotopic (exact) mass is 336 g/mol. The number of aliphatic hydroxyl groups excluding tert-OH is 1. The minimum absolute atomic E-state index is 0.150. The molecule has 7 heteroatoms. The van der Waals surface area contributed by atoms with E-state index < -0.39 is 0 Å². The minimum atomic E-state index is -0.193. The standard InChI is InChI=1S/C17H28N4O3/c1-2-4-15-18-16(24-19-15)7-8-17(23)21-11-9-20(10-12-21)13-5-3-6-14(13)22/h13-14,22H,2-12H2,1H3/t13-,14-/m1/s1. The average molecular weight is 336 g/mol. The van der Waals surface area contributed by atoms with Crippen LogP contribution in [0.1, 0.15) is 50.7 Å². The number of hydrogen-bond acceptors (Lipinski definition) is 6. The van der Waals surface area contributed by atoms with Crippen LogP contribution in [0.25, 0.3) is 0 Å². The lowest BCUT2D eigenvalue weighted by molar-refractivity contribution is -0.133. The third-order valence-electron chi connectivity index (χ3n) is 5.12. The molecule has 2 heterocycles. The number of aliphatic hydroxyl groups is 1. The van der Waals surface area contributed by atoms with Crippen LogP contribution in [0.15, 0.2) is 4.52 Å². The Kier molecular flexibility index (Phi) is 5.84. The van der Waals surface area contributed by atoms with E-state index in [1.165, 1.54) is 0 Å². The van der Waals surface area contributed by atoms with Crippen molar-refractivity contribution in [3.8, 4) is 0 Å². The summed E-state index contributed by atoms with van der Waals surface area (Å²) in [5.74, 6) is 1.43. The highest BCUT2D eigenvalue weighted by molar-refractivity contribution is 5.76. The molecule has 1 amide bonds. The van der Waals surface area contributed by atoms with Crippen molar-refractivity contribution < 1.29 is 14.4 Å². The molecule has 3 rings (SSSR count). The van der Waals surface area contributed by atoms with Gasteiger partial charge in [-0.2, -0.15) is 4.98 Å². The molecule has 0 aromatic carbocycles. The van der Waals surface area contributed by atoms with E-state index in [2.05, 4.69) is 22.0 Å². The molecule has 1 aromatic rings. The first-order chi connectivity index (χ1) is 11.7. The number of hydrogen-bond donors (Lipinski definition) is 1. The Labute approximate surface area is 143 Å². The van der Waals surface area contributed by atoms with E-state index >= 15 is 0 Å². The molecule has 1 aliphatic heterocycles. The summed E-state index contributed by atoms with van der Waals surface area (Å²) in [5.41, 5.74) is 0. The summed E-state index contributed by atoms with van der Waals surface area (Å²) in [6.45, 7) is 5.27. The van der Waals surface area contributed by atoms with Crippen LogP contribution < -0.4 is 0 Å². The van der Waals surface area contributed by atoms with Crippen molar-refractivity contribution in [2.75, 3.05) is 26.2 Å². The maximum Gasteiger partial charge on any atom is 0.227 e. The molecule has 1 aromatic heterocycles. The summed E-state index contributed by atoms with van der Waals surface area (Å²) in [5, 5.41) is 13.9.